The summed E-state index contributed by atoms with van der Waals surface area (Å²) in [7, 11) is -3.78. The molecule has 0 saturated carbocycles. The third-order valence-corrected chi connectivity index (χ3v) is 6.46. The number of carbonyl (C=O) groups excluding carboxylic acids is 1. The fraction of sp³-hybridized carbons (Fsp3) is 0.533. The molecule has 0 aliphatic carbocycles. The van der Waals surface area contributed by atoms with Crippen LogP contribution < -0.4 is 0 Å². The highest BCUT2D eigenvalue weighted by Crippen LogP contribution is 2.33. The Balaban J connectivity index is 1.93. The maximum Gasteiger partial charge on any atom is 0.243 e. The number of amides is 1. The van der Waals surface area contributed by atoms with E-state index in [0.717, 1.165) is 25.1 Å². The van der Waals surface area contributed by atoms with E-state index in [-0.39, 0.29) is 10.8 Å². The topological polar surface area (TPSA) is 57.7 Å². The van der Waals surface area contributed by atoms with E-state index in [2.05, 4.69) is 0 Å². The van der Waals surface area contributed by atoms with E-state index in [9.17, 15) is 17.6 Å². The van der Waals surface area contributed by atoms with Gasteiger partial charge in [0.05, 0.1) is 4.90 Å². The molecule has 1 aromatic rings. The smallest absolute Gasteiger partial charge is 0.243 e. The van der Waals surface area contributed by atoms with Crippen LogP contribution in [0.1, 0.15) is 19.8 Å². The van der Waals surface area contributed by atoms with Crippen LogP contribution in [0.4, 0.5) is 4.39 Å². The van der Waals surface area contributed by atoms with Crippen molar-refractivity contribution in [1.29, 1.82) is 0 Å². The van der Waals surface area contributed by atoms with Gasteiger partial charge in [-0.15, -0.1) is 0 Å². The molecule has 0 N–H and O–H groups in total. The number of sulfonamides is 1. The molecular weight excluding hydrogens is 307 g/mol. The summed E-state index contributed by atoms with van der Waals surface area (Å²) in [6.45, 7) is 3.56. The van der Waals surface area contributed by atoms with Crippen LogP contribution in [-0.2, 0) is 14.8 Å². The normalized spacial score (nSPS) is 26.3. The van der Waals surface area contributed by atoms with Gasteiger partial charge >= 0.3 is 0 Å². The van der Waals surface area contributed by atoms with Gasteiger partial charge in [-0.05, 0) is 49.9 Å². The molecule has 1 amide bonds. The first-order valence-electron chi connectivity index (χ1n) is 7.49. The third kappa shape index (κ3) is 2.52. The molecular formula is C15H19FN2O3S. The molecule has 22 heavy (non-hydrogen) atoms. The monoisotopic (exact) mass is 326 g/mol. The van der Waals surface area contributed by atoms with Gasteiger partial charge in [0.15, 0.2) is 0 Å². The van der Waals surface area contributed by atoms with Gasteiger partial charge in [0.2, 0.25) is 15.9 Å². The summed E-state index contributed by atoms with van der Waals surface area (Å²) in [4.78, 5) is 14.2. The SMILES string of the molecule is CCN1C[C@H]2CCN(S(=O)(=O)c3ccc(F)cc3)[C@H](C2)C1=O. The van der Waals surface area contributed by atoms with Gasteiger partial charge in [0.25, 0.3) is 0 Å². The quantitative estimate of drug-likeness (QED) is 0.845. The summed E-state index contributed by atoms with van der Waals surface area (Å²) in [5.41, 5.74) is 0. The van der Waals surface area contributed by atoms with Crippen LogP contribution in [0.5, 0.6) is 0 Å². The van der Waals surface area contributed by atoms with Crippen LogP contribution in [0.2, 0.25) is 0 Å². The van der Waals surface area contributed by atoms with Gasteiger partial charge in [0, 0.05) is 19.6 Å². The minimum atomic E-state index is -3.78. The molecule has 5 nitrogen and oxygen atoms in total. The lowest BCUT2D eigenvalue weighted by molar-refractivity contribution is -0.142. The number of hydrogen-bond acceptors (Lipinski definition) is 3. The molecule has 2 fully saturated rings. The summed E-state index contributed by atoms with van der Waals surface area (Å²) in [6.07, 6.45) is 1.33. The highest BCUT2D eigenvalue weighted by Gasteiger charge is 2.45. The second kappa shape index (κ2) is 5.62. The number of fused-ring (bicyclic) bond motifs is 2. The lowest BCUT2D eigenvalue weighted by atomic mass is 9.87. The van der Waals surface area contributed by atoms with E-state index < -0.39 is 21.9 Å². The van der Waals surface area contributed by atoms with Crippen LogP contribution in [0, 0.1) is 11.7 Å². The average molecular weight is 326 g/mol. The predicted octanol–water partition coefficient (Wildman–Crippen LogP) is 1.46. The van der Waals surface area contributed by atoms with Crippen molar-refractivity contribution in [1.82, 2.24) is 9.21 Å². The predicted molar refractivity (Wildman–Crippen MR) is 79.1 cm³/mol. The minimum Gasteiger partial charge on any atom is -0.341 e. The number of benzene rings is 1. The van der Waals surface area contributed by atoms with Crippen molar-refractivity contribution in [2.75, 3.05) is 19.6 Å². The number of likely N-dealkylation sites (tertiary alicyclic amines) is 1. The molecule has 7 heteroatoms. The summed E-state index contributed by atoms with van der Waals surface area (Å²) in [5.74, 6) is -0.241. The van der Waals surface area contributed by atoms with Crippen LogP contribution in [-0.4, -0.2) is 49.2 Å². The first-order chi connectivity index (χ1) is 10.4. The van der Waals surface area contributed by atoms with Crippen molar-refractivity contribution >= 4 is 15.9 Å². The first kappa shape index (κ1) is 15.4. The van der Waals surface area contributed by atoms with Crippen molar-refractivity contribution in [3.63, 3.8) is 0 Å². The van der Waals surface area contributed by atoms with Crippen LogP contribution >= 0.6 is 0 Å². The molecule has 0 unspecified atom stereocenters. The highest BCUT2D eigenvalue weighted by molar-refractivity contribution is 7.89. The molecule has 0 spiro atoms. The molecule has 0 aromatic heterocycles. The molecule has 2 aliphatic rings. The number of likely N-dealkylation sites (N-methyl/N-ethyl adjacent to an activating group) is 1. The van der Waals surface area contributed by atoms with Crippen molar-refractivity contribution in [3.05, 3.63) is 30.1 Å². The Morgan fingerprint density at radius 3 is 2.59 bits per heavy atom. The highest BCUT2D eigenvalue weighted by atomic mass is 32.2. The largest absolute Gasteiger partial charge is 0.341 e. The van der Waals surface area contributed by atoms with Crippen molar-refractivity contribution in [3.8, 4) is 0 Å². The van der Waals surface area contributed by atoms with Crippen LogP contribution in [0.3, 0.4) is 0 Å². The van der Waals surface area contributed by atoms with Crippen LogP contribution in [0.15, 0.2) is 29.2 Å². The zero-order chi connectivity index (χ0) is 15.9. The lowest BCUT2D eigenvalue weighted by Crippen LogP contribution is -2.59. The van der Waals surface area contributed by atoms with E-state index >= 15 is 0 Å². The zero-order valence-electron chi connectivity index (χ0n) is 12.4. The molecule has 2 saturated heterocycles. The van der Waals surface area contributed by atoms with Crippen molar-refractivity contribution in [2.24, 2.45) is 5.92 Å². The maximum absolute atomic E-state index is 13.0. The molecule has 0 radical (unpaired) electrons. The van der Waals surface area contributed by atoms with E-state index in [1.54, 1.807) is 4.90 Å². The Bertz CT molecular complexity index is 675. The second-order valence-corrected chi connectivity index (χ2v) is 7.74. The number of carbonyl (C=O) groups is 1. The van der Waals surface area contributed by atoms with Gasteiger partial charge in [-0.25, -0.2) is 12.8 Å². The van der Waals surface area contributed by atoms with Crippen LogP contribution in [0.25, 0.3) is 0 Å². The molecule has 2 aliphatic heterocycles. The van der Waals surface area contributed by atoms with E-state index in [1.165, 1.54) is 16.4 Å². The van der Waals surface area contributed by atoms with E-state index in [0.29, 0.717) is 25.4 Å². The van der Waals surface area contributed by atoms with Gasteiger partial charge in [0.1, 0.15) is 11.9 Å². The van der Waals surface area contributed by atoms with Crippen molar-refractivity contribution in [2.45, 2.75) is 30.7 Å². The third-order valence-electron chi connectivity index (χ3n) is 4.54. The number of piperidine rings is 2. The Morgan fingerprint density at radius 2 is 1.95 bits per heavy atom. The van der Waals surface area contributed by atoms with Gasteiger partial charge < -0.3 is 4.90 Å². The maximum atomic E-state index is 13.0. The fourth-order valence-corrected chi connectivity index (χ4v) is 4.94. The summed E-state index contributed by atoms with van der Waals surface area (Å²) < 4.78 is 39.8. The number of halogens is 1. The molecule has 2 atom stereocenters. The Hall–Kier alpha value is -1.47. The van der Waals surface area contributed by atoms with E-state index in [4.69, 9.17) is 0 Å². The lowest BCUT2D eigenvalue weighted by Gasteiger charge is -2.45. The first-order valence-corrected chi connectivity index (χ1v) is 8.93. The Morgan fingerprint density at radius 1 is 1.27 bits per heavy atom. The summed E-state index contributed by atoms with van der Waals surface area (Å²) in [6, 6.07) is 4.13. The Kier molecular flexibility index (Phi) is 3.94. The molecule has 2 heterocycles. The second-order valence-electron chi connectivity index (χ2n) is 5.85. The molecule has 120 valence electrons. The Labute approximate surface area is 129 Å². The molecule has 2 bridgehead atoms. The molecule has 3 rings (SSSR count). The minimum absolute atomic E-state index is 0.0359. The fourth-order valence-electron chi connectivity index (χ4n) is 3.33. The average Bonchev–Trinajstić information content (AvgIpc) is 2.51. The van der Waals surface area contributed by atoms with Crippen molar-refractivity contribution < 1.29 is 17.6 Å². The van der Waals surface area contributed by atoms with Gasteiger partial charge in [-0.3, -0.25) is 4.79 Å². The van der Waals surface area contributed by atoms with E-state index in [1.807, 2.05) is 6.92 Å². The standard InChI is InChI=1S/C15H19FN2O3S/c1-2-17-10-11-7-8-18(14(9-11)15(17)19)22(20,21)13-5-3-12(16)4-6-13/h3-6,11,14H,2,7-10H2,1H3/t11-,14+/m0/s1. The number of nitrogens with zero attached hydrogens (tertiary/aromatic N) is 2. The van der Waals surface area contributed by atoms with Gasteiger partial charge in [-0.1, -0.05) is 0 Å². The summed E-state index contributed by atoms with van der Waals surface area (Å²) >= 11 is 0. The number of rotatable bonds is 3. The summed E-state index contributed by atoms with van der Waals surface area (Å²) in [5, 5.41) is 0. The number of hydrogen-bond donors (Lipinski definition) is 0. The molecule has 1 aromatic carbocycles. The van der Waals surface area contributed by atoms with Gasteiger partial charge in [-0.2, -0.15) is 4.31 Å². The zero-order valence-corrected chi connectivity index (χ0v) is 13.2.